The molecule has 4 aromatic rings. The molecule has 0 aliphatic heterocycles. The van der Waals surface area contributed by atoms with Gasteiger partial charge in [-0.3, -0.25) is 14.5 Å². The minimum absolute atomic E-state index is 0.162. The maximum Gasteiger partial charge on any atom is 0.249 e. The second-order valence-corrected chi connectivity index (χ2v) is 10.2. The van der Waals surface area contributed by atoms with E-state index in [1.807, 2.05) is 52.0 Å². The molecule has 0 saturated carbocycles. The van der Waals surface area contributed by atoms with Crippen LogP contribution in [0.25, 0.3) is 11.0 Å². The lowest BCUT2D eigenvalue weighted by Crippen LogP contribution is -2.50. The van der Waals surface area contributed by atoms with Gasteiger partial charge >= 0.3 is 0 Å². The van der Waals surface area contributed by atoms with E-state index in [9.17, 15) is 9.59 Å². The number of aromatic nitrogens is 3. The second-order valence-electron chi connectivity index (χ2n) is 10.2. The van der Waals surface area contributed by atoms with Crippen molar-refractivity contribution in [2.75, 3.05) is 25.7 Å². The van der Waals surface area contributed by atoms with Crippen molar-refractivity contribution < 1.29 is 23.8 Å². The number of carbonyl (C=O) groups excluding carboxylic acids is 2. The van der Waals surface area contributed by atoms with Gasteiger partial charge in [-0.05, 0) is 58.0 Å². The number of amides is 2. The second kappa shape index (κ2) is 12.1. The molecule has 1 N–H and O–H groups in total. The van der Waals surface area contributed by atoms with Crippen LogP contribution in [0.4, 0.5) is 5.69 Å². The van der Waals surface area contributed by atoms with Crippen LogP contribution < -0.4 is 24.4 Å². The average molecular weight is 546 g/mol. The third-order valence-electron chi connectivity index (χ3n) is 6.11. The third-order valence-corrected chi connectivity index (χ3v) is 6.11. The number of carbonyl (C=O) groups is 2. The fourth-order valence-corrected chi connectivity index (χ4v) is 4.53. The predicted molar refractivity (Wildman–Crippen MR) is 153 cm³/mol. The summed E-state index contributed by atoms with van der Waals surface area (Å²) in [5.41, 5.74) is 1.72. The molecule has 0 unspecified atom stereocenters. The van der Waals surface area contributed by atoms with Crippen molar-refractivity contribution >= 4 is 28.5 Å². The highest BCUT2D eigenvalue weighted by atomic mass is 16.5. The molecule has 1 aromatic heterocycles. The monoisotopic (exact) mass is 545 g/mol. The van der Waals surface area contributed by atoms with Gasteiger partial charge in [-0.25, -0.2) is 4.68 Å². The molecular weight excluding hydrogens is 510 g/mol. The van der Waals surface area contributed by atoms with Gasteiger partial charge in [-0.2, -0.15) is 0 Å². The van der Waals surface area contributed by atoms with Crippen LogP contribution >= 0.6 is 0 Å². The summed E-state index contributed by atoms with van der Waals surface area (Å²) < 4.78 is 18.5. The van der Waals surface area contributed by atoms with E-state index < -0.39 is 17.5 Å². The van der Waals surface area contributed by atoms with Crippen LogP contribution in [0.1, 0.15) is 39.3 Å². The van der Waals surface area contributed by atoms with Gasteiger partial charge < -0.3 is 19.5 Å². The zero-order chi connectivity index (χ0) is 28.9. The minimum Gasteiger partial charge on any atom is -0.494 e. The number of fused-ring (bicyclic) bond motifs is 1. The van der Waals surface area contributed by atoms with Crippen molar-refractivity contribution in [3.05, 3.63) is 72.3 Å². The zero-order valence-corrected chi connectivity index (χ0v) is 23.7. The molecule has 10 heteroatoms. The van der Waals surface area contributed by atoms with Crippen LogP contribution in [0.15, 0.2) is 66.7 Å². The number of hydrogen-bond donors (Lipinski definition) is 1. The summed E-state index contributed by atoms with van der Waals surface area (Å²) in [5, 5.41) is 11.4. The van der Waals surface area contributed by atoms with Crippen LogP contribution in [-0.2, 0) is 16.1 Å². The third kappa shape index (κ3) is 6.17. The van der Waals surface area contributed by atoms with Gasteiger partial charge in [0.2, 0.25) is 11.8 Å². The number of para-hydroxylation sites is 2. The summed E-state index contributed by atoms with van der Waals surface area (Å²) in [4.78, 5) is 29.9. The normalized spacial score (nSPS) is 12.1. The number of nitrogens with zero attached hydrogens (tertiary/aromatic N) is 4. The Morgan fingerprint density at radius 1 is 1.00 bits per heavy atom. The van der Waals surface area contributed by atoms with E-state index in [4.69, 9.17) is 14.2 Å². The zero-order valence-electron chi connectivity index (χ0n) is 23.7. The van der Waals surface area contributed by atoms with E-state index in [0.29, 0.717) is 46.1 Å². The van der Waals surface area contributed by atoms with Crippen LogP contribution in [0.5, 0.6) is 17.2 Å². The van der Waals surface area contributed by atoms with E-state index >= 15 is 0 Å². The molecule has 3 aromatic carbocycles. The number of methoxy groups -OCH3 is 2. The first-order valence-electron chi connectivity index (χ1n) is 13.0. The Bertz CT molecular complexity index is 1490. The summed E-state index contributed by atoms with van der Waals surface area (Å²) in [6, 6.07) is 18.6. The fraction of sp³-hybridized carbons (Fsp3) is 0.333. The molecule has 0 aliphatic rings. The minimum atomic E-state index is -1.12. The Kier molecular flexibility index (Phi) is 8.57. The van der Waals surface area contributed by atoms with Gasteiger partial charge in [0.05, 0.1) is 26.3 Å². The number of benzene rings is 3. The first-order chi connectivity index (χ1) is 19.2. The van der Waals surface area contributed by atoms with Gasteiger partial charge in [-0.1, -0.05) is 35.5 Å². The molecular formula is C30H35N5O5. The Morgan fingerprint density at radius 2 is 1.75 bits per heavy atom. The van der Waals surface area contributed by atoms with Crippen LogP contribution in [0.2, 0.25) is 0 Å². The lowest BCUT2D eigenvalue weighted by molar-refractivity contribution is -0.128. The van der Waals surface area contributed by atoms with Gasteiger partial charge in [0, 0.05) is 22.9 Å². The Hall–Kier alpha value is -4.60. The van der Waals surface area contributed by atoms with Crippen molar-refractivity contribution in [3.8, 4) is 17.2 Å². The van der Waals surface area contributed by atoms with Gasteiger partial charge in [-0.15, -0.1) is 5.10 Å². The topological polar surface area (TPSA) is 108 Å². The molecule has 0 spiro atoms. The van der Waals surface area contributed by atoms with E-state index in [-0.39, 0.29) is 12.5 Å². The molecule has 40 heavy (non-hydrogen) atoms. The van der Waals surface area contributed by atoms with Crippen molar-refractivity contribution in [3.63, 3.8) is 0 Å². The molecule has 0 aliphatic carbocycles. The highest BCUT2D eigenvalue weighted by molar-refractivity contribution is 6.02. The summed E-state index contributed by atoms with van der Waals surface area (Å²) in [7, 11) is 3.03. The van der Waals surface area contributed by atoms with Crippen molar-refractivity contribution in [2.24, 2.45) is 0 Å². The summed E-state index contributed by atoms with van der Waals surface area (Å²) in [5.74, 6) is 0.577. The maximum atomic E-state index is 14.3. The smallest absolute Gasteiger partial charge is 0.249 e. The van der Waals surface area contributed by atoms with Crippen molar-refractivity contribution in [1.29, 1.82) is 0 Å². The van der Waals surface area contributed by atoms with Crippen LogP contribution in [-0.4, -0.2) is 53.2 Å². The van der Waals surface area contributed by atoms with Gasteiger partial charge in [0.25, 0.3) is 0 Å². The molecule has 210 valence electrons. The molecule has 0 bridgehead atoms. The predicted octanol–water partition coefficient (Wildman–Crippen LogP) is 4.54. The molecule has 2 amide bonds. The Labute approximate surface area is 233 Å². The molecule has 4 rings (SSSR count). The van der Waals surface area contributed by atoms with E-state index in [0.717, 1.165) is 0 Å². The van der Waals surface area contributed by atoms with Crippen molar-refractivity contribution in [1.82, 2.24) is 20.3 Å². The standard InChI is InChI=1S/C30H35N5O5/c1-7-40-21-13-10-12-20(18-21)35(26(36)19-34-24-16-9-8-15-23(24)32-33-34)27(29(37)31-30(2,3)4)22-14-11-17-25(38-5)28(22)39-6/h8-18,27H,7,19H2,1-6H3,(H,31,37)/t27-/m0/s1. The van der Waals surface area contributed by atoms with Gasteiger partial charge in [0.15, 0.2) is 11.5 Å². The van der Waals surface area contributed by atoms with Crippen LogP contribution in [0.3, 0.4) is 0 Å². The fourth-order valence-electron chi connectivity index (χ4n) is 4.53. The Morgan fingerprint density at radius 3 is 2.45 bits per heavy atom. The molecule has 1 heterocycles. The first-order valence-corrected chi connectivity index (χ1v) is 13.0. The number of nitrogens with one attached hydrogen (secondary N) is 1. The number of anilines is 1. The number of hydrogen-bond acceptors (Lipinski definition) is 7. The quantitative estimate of drug-likeness (QED) is 0.312. The van der Waals surface area contributed by atoms with Gasteiger partial charge in [0.1, 0.15) is 23.9 Å². The lowest BCUT2D eigenvalue weighted by atomic mass is 9.99. The Balaban J connectivity index is 1.91. The number of rotatable bonds is 10. The van der Waals surface area contributed by atoms with Crippen molar-refractivity contribution in [2.45, 2.75) is 45.8 Å². The van der Waals surface area contributed by atoms with Crippen LogP contribution in [0, 0.1) is 0 Å². The summed E-state index contributed by atoms with van der Waals surface area (Å²) in [6.45, 7) is 7.81. The summed E-state index contributed by atoms with van der Waals surface area (Å²) in [6.07, 6.45) is 0. The number of ether oxygens (including phenoxy) is 3. The van der Waals surface area contributed by atoms with E-state index in [2.05, 4.69) is 15.6 Å². The highest BCUT2D eigenvalue weighted by Crippen LogP contribution is 2.40. The molecule has 0 saturated heterocycles. The molecule has 0 radical (unpaired) electrons. The molecule has 0 fully saturated rings. The molecule has 1 atom stereocenters. The highest BCUT2D eigenvalue weighted by Gasteiger charge is 2.37. The molecule has 10 nitrogen and oxygen atoms in total. The average Bonchev–Trinajstić information content (AvgIpc) is 3.33. The maximum absolute atomic E-state index is 14.3. The first kappa shape index (κ1) is 28.4. The summed E-state index contributed by atoms with van der Waals surface area (Å²) >= 11 is 0. The van der Waals surface area contributed by atoms with E-state index in [1.54, 1.807) is 42.5 Å². The van der Waals surface area contributed by atoms with E-state index in [1.165, 1.54) is 23.8 Å². The SMILES string of the molecule is CCOc1cccc(N(C(=O)Cn2nnc3ccccc32)[C@H](C(=O)NC(C)(C)C)c2cccc(OC)c2OC)c1. The largest absolute Gasteiger partial charge is 0.494 e. The lowest BCUT2D eigenvalue weighted by Gasteiger charge is -2.34.